The number of aromatic amines is 1. The van der Waals surface area contributed by atoms with Crippen molar-refractivity contribution in [1.29, 1.82) is 0 Å². The van der Waals surface area contributed by atoms with Gasteiger partial charge in [0.05, 0.1) is 5.52 Å². The third-order valence-corrected chi connectivity index (χ3v) is 4.39. The summed E-state index contributed by atoms with van der Waals surface area (Å²) in [6.45, 7) is 8.85. The summed E-state index contributed by atoms with van der Waals surface area (Å²) in [5, 5.41) is 1.61. The minimum Gasteiger partial charge on any atom is -0.443 e. The summed E-state index contributed by atoms with van der Waals surface area (Å²) in [5.41, 5.74) is 2.28. The third-order valence-electron chi connectivity index (χ3n) is 4.39. The van der Waals surface area contributed by atoms with Crippen molar-refractivity contribution in [2.75, 3.05) is 0 Å². The average Bonchev–Trinajstić information content (AvgIpc) is 3.21. The van der Waals surface area contributed by atoms with Gasteiger partial charge in [0, 0.05) is 28.7 Å². The minimum absolute atomic E-state index is 0.142. The molecule has 0 radical (unpaired) electrons. The van der Waals surface area contributed by atoms with Crippen LogP contribution in [0.25, 0.3) is 21.8 Å². The van der Waals surface area contributed by atoms with E-state index in [2.05, 4.69) is 4.98 Å². The normalized spacial score (nSPS) is 11.4. The van der Waals surface area contributed by atoms with E-state index >= 15 is 0 Å². The molecule has 152 valence electrons. The minimum atomic E-state index is -0.553. The van der Waals surface area contributed by atoms with Crippen LogP contribution in [0.2, 0.25) is 0 Å². The molecule has 29 heavy (non-hydrogen) atoms. The van der Waals surface area contributed by atoms with Gasteiger partial charge >= 0.3 is 6.09 Å². The van der Waals surface area contributed by atoms with Gasteiger partial charge in [0.25, 0.3) is 0 Å². The third kappa shape index (κ3) is 4.65. The molecule has 0 saturated heterocycles. The van der Waals surface area contributed by atoms with Crippen LogP contribution in [-0.4, -0.2) is 21.2 Å². The Balaban J connectivity index is 0.000000186. The molecule has 0 bridgehead atoms. The number of carbonyl (C=O) groups is 1. The number of aromatic nitrogens is 2. The Morgan fingerprint density at radius 1 is 0.966 bits per heavy atom. The van der Waals surface area contributed by atoms with Crippen LogP contribution in [0.15, 0.2) is 48.8 Å². The zero-order chi connectivity index (χ0) is 21.3. The molecule has 0 aliphatic heterocycles. The maximum absolute atomic E-state index is 13.4. The number of nitrogens with zero attached hydrogens (tertiary/aromatic N) is 1. The second kappa shape index (κ2) is 7.70. The highest BCUT2D eigenvalue weighted by Gasteiger charge is 2.19. The Hall–Kier alpha value is -3.15. The quantitative estimate of drug-likeness (QED) is 0.368. The number of halogens is 2. The van der Waals surface area contributed by atoms with Crippen LogP contribution in [0.4, 0.5) is 13.6 Å². The zero-order valence-electron chi connectivity index (χ0n) is 17.1. The second-order valence-electron chi connectivity index (χ2n) is 7.99. The fraction of sp³-hybridized carbons (Fsp3) is 0.261. The first kappa shape index (κ1) is 20.6. The van der Waals surface area contributed by atoms with Crippen LogP contribution in [0.3, 0.4) is 0 Å². The second-order valence-corrected chi connectivity index (χ2v) is 7.99. The van der Waals surface area contributed by atoms with Crippen molar-refractivity contribution in [3.63, 3.8) is 0 Å². The topological polar surface area (TPSA) is 47.0 Å². The maximum atomic E-state index is 13.4. The molecule has 0 fully saturated rings. The molecule has 1 N–H and O–H groups in total. The maximum Gasteiger partial charge on any atom is 0.418 e. The lowest BCUT2D eigenvalue weighted by molar-refractivity contribution is 0.0544. The predicted molar refractivity (Wildman–Crippen MR) is 111 cm³/mol. The summed E-state index contributed by atoms with van der Waals surface area (Å²) in [7, 11) is 0. The van der Waals surface area contributed by atoms with Crippen molar-refractivity contribution in [2.24, 2.45) is 0 Å². The van der Waals surface area contributed by atoms with E-state index < -0.39 is 11.7 Å². The molecule has 0 amide bonds. The molecule has 0 aliphatic carbocycles. The lowest BCUT2D eigenvalue weighted by atomic mass is 10.2. The number of hydrogen-bond donors (Lipinski definition) is 1. The summed E-state index contributed by atoms with van der Waals surface area (Å²) in [5.74, 6) is -0.415. The van der Waals surface area contributed by atoms with E-state index in [1.54, 1.807) is 38.2 Å². The van der Waals surface area contributed by atoms with E-state index in [0.29, 0.717) is 22.0 Å². The number of hydrogen-bond acceptors (Lipinski definition) is 2. The van der Waals surface area contributed by atoms with Crippen LogP contribution in [0, 0.1) is 25.5 Å². The standard InChI is InChI=1S/C14H16FNO2.C9H8FN/c1-9-7-12-10(8-11(9)15)5-6-16(12)13(17)18-14(2,3)4;1-6-4-9-7(2-3-11-9)5-8(6)10/h5-8H,1-4H3;2-5,11H,1H3. The molecular formula is C23H24F2N2O2. The van der Waals surface area contributed by atoms with Crippen LogP contribution < -0.4 is 0 Å². The number of rotatable bonds is 0. The monoisotopic (exact) mass is 398 g/mol. The highest BCUT2D eigenvalue weighted by Crippen LogP contribution is 2.21. The molecule has 0 saturated carbocycles. The van der Waals surface area contributed by atoms with Crippen LogP contribution >= 0.6 is 0 Å². The molecule has 2 aromatic carbocycles. The van der Waals surface area contributed by atoms with Gasteiger partial charge in [-0.25, -0.2) is 13.6 Å². The zero-order valence-corrected chi connectivity index (χ0v) is 17.1. The molecule has 4 nitrogen and oxygen atoms in total. The number of benzene rings is 2. The van der Waals surface area contributed by atoms with Crippen LogP contribution in [-0.2, 0) is 4.74 Å². The fourth-order valence-electron chi connectivity index (χ4n) is 2.91. The largest absolute Gasteiger partial charge is 0.443 e. The van der Waals surface area contributed by atoms with E-state index in [9.17, 15) is 13.6 Å². The first-order chi connectivity index (χ1) is 13.5. The molecule has 0 spiro atoms. The highest BCUT2D eigenvalue weighted by molar-refractivity contribution is 5.90. The van der Waals surface area contributed by atoms with Gasteiger partial charge in [0.1, 0.15) is 17.2 Å². The SMILES string of the molecule is Cc1cc2[nH]ccc2cc1F.Cc1cc2c(ccn2C(=O)OC(C)(C)C)cc1F. The smallest absolute Gasteiger partial charge is 0.418 e. The van der Waals surface area contributed by atoms with Crippen molar-refractivity contribution >= 4 is 27.9 Å². The number of H-pyrrole nitrogens is 1. The van der Waals surface area contributed by atoms with Gasteiger partial charge < -0.3 is 9.72 Å². The molecule has 2 aromatic heterocycles. The van der Waals surface area contributed by atoms with Gasteiger partial charge in [0.2, 0.25) is 0 Å². The summed E-state index contributed by atoms with van der Waals surface area (Å²) in [6, 6.07) is 9.98. The number of aryl methyl sites for hydroxylation is 2. The summed E-state index contributed by atoms with van der Waals surface area (Å²) in [6.07, 6.45) is 2.95. The van der Waals surface area contributed by atoms with Crippen molar-refractivity contribution in [3.8, 4) is 0 Å². The van der Waals surface area contributed by atoms with Crippen molar-refractivity contribution in [2.45, 2.75) is 40.2 Å². The Bertz CT molecular complexity index is 1150. The van der Waals surface area contributed by atoms with Gasteiger partial charge in [-0.2, -0.15) is 0 Å². The van der Waals surface area contributed by atoms with Crippen LogP contribution in [0.1, 0.15) is 31.9 Å². The van der Waals surface area contributed by atoms with Gasteiger partial charge in [-0.15, -0.1) is 0 Å². The van der Waals surface area contributed by atoms with E-state index in [4.69, 9.17) is 4.74 Å². The predicted octanol–water partition coefficient (Wildman–Crippen LogP) is 6.49. The summed E-state index contributed by atoms with van der Waals surface area (Å²) < 4.78 is 33.0. The Morgan fingerprint density at radius 3 is 2.24 bits per heavy atom. The molecule has 0 atom stereocenters. The van der Waals surface area contributed by atoms with E-state index in [0.717, 1.165) is 10.9 Å². The van der Waals surface area contributed by atoms with E-state index in [1.165, 1.54) is 10.6 Å². The molecule has 0 unspecified atom stereocenters. The number of carbonyl (C=O) groups excluding carboxylic acids is 1. The van der Waals surface area contributed by atoms with Gasteiger partial charge in [-0.3, -0.25) is 4.57 Å². The first-order valence-corrected chi connectivity index (χ1v) is 9.29. The fourth-order valence-corrected chi connectivity index (χ4v) is 2.91. The van der Waals surface area contributed by atoms with Crippen molar-refractivity contribution < 1.29 is 18.3 Å². The van der Waals surface area contributed by atoms with Gasteiger partial charge in [-0.05, 0) is 82.1 Å². The molecule has 4 aromatic rings. The van der Waals surface area contributed by atoms with Crippen molar-refractivity contribution in [3.05, 3.63) is 71.6 Å². The lowest BCUT2D eigenvalue weighted by Gasteiger charge is -2.19. The Labute approximate surface area is 168 Å². The highest BCUT2D eigenvalue weighted by atomic mass is 19.1. The summed E-state index contributed by atoms with van der Waals surface area (Å²) >= 11 is 0. The van der Waals surface area contributed by atoms with E-state index in [1.807, 2.05) is 39.1 Å². The molecular weight excluding hydrogens is 374 g/mol. The van der Waals surface area contributed by atoms with Gasteiger partial charge in [-0.1, -0.05) is 0 Å². The molecule has 2 heterocycles. The number of ether oxygens (including phenoxy) is 1. The Kier molecular flexibility index (Phi) is 5.46. The van der Waals surface area contributed by atoms with E-state index in [-0.39, 0.29) is 11.6 Å². The first-order valence-electron chi connectivity index (χ1n) is 9.29. The molecule has 0 aliphatic rings. The Morgan fingerprint density at radius 2 is 1.59 bits per heavy atom. The average molecular weight is 398 g/mol. The molecule has 4 rings (SSSR count). The molecule has 6 heteroatoms. The van der Waals surface area contributed by atoms with Crippen LogP contribution in [0.5, 0.6) is 0 Å². The number of fused-ring (bicyclic) bond motifs is 2. The lowest BCUT2D eigenvalue weighted by Crippen LogP contribution is -2.26. The van der Waals surface area contributed by atoms with Gasteiger partial charge in [0.15, 0.2) is 0 Å². The summed E-state index contributed by atoms with van der Waals surface area (Å²) in [4.78, 5) is 15.0. The number of nitrogens with one attached hydrogen (secondary N) is 1. The van der Waals surface area contributed by atoms with Crippen molar-refractivity contribution in [1.82, 2.24) is 9.55 Å².